The maximum atomic E-state index is 12.9. The van der Waals surface area contributed by atoms with E-state index in [-0.39, 0.29) is 5.91 Å². The van der Waals surface area contributed by atoms with Crippen molar-refractivity contribution in [3.8, 4) is 5.75 Å². The summed E-state index contributed by atoms with van der Waals surface area (Å²) < 4.78 is 12.8. The van der Waals surface area contributed by atoms with E-state index in [9.17, 15) is 4.79 Å². The van der Waals surface area contributed by atoms with E-state index in [1.54, 1.807) is 17.2 Å². The number of amides is 1. The van der Waals surface area contributed by atoms with E-state index in [2.05, 4.69) is 25.1 Å². The van der Waals surface area contributed by atoms with Gasteiger partial charge in [-0.05, 0) is 31.5 Å². The maximum Gasteiger partial charge on any atom is 0.227 e. The van der Waals surface area contributed by atoms with E-state index in [0.29, 0.717) is 26.1 Å². The molecule has 1 aliphatic heterocycles. The van der Waals surface area contributed by atoms with Gasteiger partial charge in [0.2, 0.25) is 5.91 Å². The molecule has 0 aliphatic carbocycles. The molecule has 1 aliphatic rings. The lowest BCUT2D eigenvalue weighted by Crippen LogP contribution is -2.49. The number of hydrogen-bond donors (Lipinski definition) is 0. The molecule has 0 atom stereocenters. The normalized spacial score (nSPS) is 14.1. The molecule has 0 bridgehead atoms. The molecule has 10 heteroatoms. The summed E-state index contributed by atoms with van der Waals surface area (Å²) >= 11 is 0. The van der Waals surface area contributed by atoms with E-state index in [1.165, 1.54) is 0 Å². The molecule has 0 unspecified atom stereocenters. The summed E-state index contributed by atoms with van der Waals surface area (Å²) in [4.78, 5) is 25.8. The van der Waals surface area contributed by atoms with Gasteiger partial charge in [0.15, 0.2) is 5.65 Å². The van der Waals surface area contributed by atoms with Crippen molar-refractivity contribution in [3.63, 3.8) is 0 Å². The first-order valence-corrected chi connectivity index (χ1v) is 11.3. The third-order valence-corrected chi connectivity index (χ3v) is 6.28. The zero-order chi connectivity index (χ0) is 23.7. The highest BCUT2D eigenvalue weighted by Crippen LogP contribution is 2.23. The van der Waals surface area contributed by atoms with Crippen LogP contribution < -0.4 is 9.64 Å². The first-order valence-electron chi connectivity index (χ1n) is 11.3. The van der Waals surface area contributed by atoms with Gasteiger partial charge in [-0.25, -0.2) is 9.97 Å². The number of benzene rings is 1. The van der Waals surface area contributed by atoms with Gasteiger partial charge in [0.05, 0.1) is 29.3 Å². The number of rotatable bonds is 6. The molecule has 1 aromatic carbocycles. The van der Waals surface area contributed by atoms with Gasteiger partial charge in [-0.3, -0.25) is 9.48 Å². The van der Waals surface area contributed by atoms with Crippen molar-refractivity contribution < 1.29 is 14.1 Å². The standard InChI is InChI=1S/C24H27N7O3/c1-16-21(17(2)34-28-16)14-33-19-6-4-18(5-7-19)12-22(32)30-8-10-31(11-9-30)24-20-13-27-29(3)23(20)25-15-26-24/h4-7,13,15H,8-12,14H2,1-3H3. The van der Waals surface area contributed by atoms with Gasteiger partial charge in [-0.2, -0.15) is 5.10 Å². The van der Waals surface area contributed by atoms with Crippen molar-refractivity contribution >= 4 is 22.8 Å². The van der Waals surface area contributed by atoms with Gasteiger partial charge in [-0.15, -0.1) is 0 Å². The Labute approximate surface area is 197 Å². The fourth-order valence-corrected chi connectivity index (χ4v) is 4.22. The van der Waals surface area contributed by atoms with Crippen molar-refractivity contribution in [3.05, 3.63) is 59.4 Å². The minimum atomic E-state index is 0.123. The Bertz CT molecular complexity index is 1280. The van der Waals surface area contributed by atoms with Crippen LogP contribution >= 0.6 is 0 Å². The Morgan fingerprint density at radius 1 is 1.09 bits per heavy atom. The van der Waals surface area contributed by atoms with Crippen LogP contribution in [0.2, 0.25) is 0 Å². The summed E-state index contributed by atoms with van der Waals surface area (Å²) in [5.74, 6) is 2.51. The highest BCUT2D eigenvalue weighted by Gasteiger charge is 2.24. The van der Waals surface area contributed by atoms with Crippen molar-refractivity contribution in [2.45, 2.75) is 26.9 Å². The lowest BCUT2D eigenvalue weighted by atomic mass is 10.1. The fourth-order valence-electron chi connectivity index (χ4n) is 4.22. The lowest BCUT2D eigenvalue weighted by Gasteiger charge is -2.35. The number of carbonyl (C=O) groups is 1. The number of fused-ring (bicyclic) bond motifs is 1. The van der Waals surface area contributed by atoms with Crippen LogP contribution in [-0.2, 0) is 24.9 Å². The number of carbonyl (C=O) groups excluding carboxylic acids is 1. The third-order valence-electron chi connectivity index (χ3n) is 6.28. The van der Waals surface area contributed by atoms with Crippen LogP contribution in [0.1, 0.15) is 22.6 Å². The van der Waals surface area contributed by atoms with Crippen molar-refractivity contribution in [1.82, 2.24) is 29.8 Å². The SMILES string of the molecule is Cc1noc(C)c1COc1ccc(CC(=O)N2CCN(c3ncnc4c3cnn4C)CC2)cc1. The number of nitrogens with zero attached hydrogens (tertiary/aromatic N) is 7. The second kappa shape index (κ2) is 9.12. The Hall–Kier alpha value is -3.95. The molecule has 1 saturated heterocycles. The van der Waals surface area contributed by atoms with E-state index < -0.39 is 0 Å². The molecule has 176 valence electrons. The molecule has 0 spiro atoms. The molecule has 4 aromatic rings. The second-order valence-corrected chi connectivity index (χ2v) is 8.48. The quantitative estimate of drug-likeness (QED) is 0.431. The monoisotopic (exact) mass is 461 g/mol. The van der Waals surface area contributed by atoms with Crippen molar-refractivity contribution in [2.75, 3.05) is 31.1 Å². The van der Waals surface area contributed by atoms with Crippen LogP contribution in [0.5, 0.6) is 5.75 Å². The van der Waals surface area contributed by atoms with Gasteiger partial charge in [0, 0.05) is 33.2 Å². The van der Waals surface area contributed by atoms with Crippen LogP contribution in [0.25, 0.3) is 11.0 Å². The molecular weight excluding hydrogens is 434 g/mol. The zero-order valence-corrected chi connectivity index (χ0v) is 19.6. The third kappa shape index (κ3) is 4.30. The van der Waals surface area contributed by atoms with E-state index >= 15 is 0 Å². The largest absolute Gasteiger partial charge is 0.489 e. The first kappa shape index (κ1) is 21.9. The molecule has 1 fully saturated rings. The van der Waals surface area contributed by atoms with Gasteiger partial charge in [0.1, 0.15) is 30.3 Å². The van der Waals surface area contributed by atoms with Gasteiger partial charge in [0.25, 0.3) is 0 Å². The second-order valence-electron chi connectivity index (χ2n) is 8.48. The average molecular weight is 462 g/mol. The van der Waals surface area contributed by atoms with Crippen molar-refractivity contribution in [2.24, 2.45) is 7.05 Å². The summed E-state index contributed by atoms with van der Waals surface area (Å²) in [6, 6.07) is 7.67. The number of ether oxygens (including phenoxy) is 1. The Kier molecular flexibility index (Phi) is 5.87. The molecule has 0 radical (unpaired) electrons. The van der Waals surface area contributed by atoms with Gasteiger partial charge in [-0.1, -0.05) is 17.3 Å². The summed E-state index contributed by atoms with van der Waals surface area (Å²) in [6.45, 7) is 6.94. The van der Waals surface area contributed by atoms with Crippen LogP contribution in [0.4, 0.5) is 5.82 Å². The van der Waals surface area contributed by atoms with Crippen LogP contribution in [0.3, 0.4) is 0 Å². The minimum Gasteiger partial charge on any atom is -0.489 e. The molecule has 34 heavy (non-hydrogen) atoms. The first-order chi connectivity index (χ1) is 16.5. The molecule has 0 N–H and O–H groups in total. The Morgan fingerprint density at radius 3 is 2.56 bits per heavy atom. The highest BCUT2D eigenvalue weighted by molar-refractivity contribution is 5.87. The van der Waals surface area contributed by atoms with E-state index in [1.807, 2.05) is 50.1 Å². The number of aryl methyl sites for hydroxylation is 3. The average Bonchev–Trinajstić information content (AvgIpc) is 3.40. The summed E-state index contributed by atoms with van der Waals surface area (Å²) in [7, 11) is 1.87. The number of hydrogen-bond acceptors (Lipinski definition) is 8. The predicted octanol–water partition coefficient (Wildman–Crippen LogP) is 2.44. The molecule has 5 rings (SSSR count). The van der Waals surface area contributed by atoms with E-state index in [0.717, 1.165) is 58.3 Å². The van der Waals surface area contributed by atoms with Crippen molar-refractivity contribution in [1.29, 1.82) is 0 Å². The Morgan fingerprint density at radius 2 is 1.85 bits per heavy atom. The van der Waals surface area contributed by atoms with Gasteiger partial charge < -0.3 is 19.1 Å². The molecular formula is C24H27N7O3. The van der Waals surface area contributed by atoms with Crippen LogP contribution in [-0.4, -0.2) is 61.9 Å². The van der Waals surface area contributed by atoms with Gasteiger partial charge >= 0.3 is 0 Å². The number of piperazine rings is 1. The van der Waals surface area contributed by atoms with E-state index in [4.69, 9.17) is 9.26 Å². The number of anilines is 1. The topological polar surface area (TPSA) is 102 Å². The molecule has 10 nitrogen and oxygen atoms in total. The fraction of sp³-hybridized carbons (Fsp3) is 0.375. The highest BCUT2D eigenvalue weighted by atomic mass is 16.5. The predicted molar refractivity (Wildman–Crippen MR) is 126 cm³/mol. The number of aromatic nitrogens is 5. The minimum absolute atomic E-state index is 0.123. The summed E-state index contributed by atoms with van der Waals surface area (Å²) in [5.41, 5.74) is 3.57. The summed E-state index contributed by atoms with van der Waals surface area (Å²) in [5, 5.41) is 9.16. The molecule has 1 amide bonds. The van der Waals surface area contributed by atoms with Crippen LogP contribution in [0.15, 0.2) is 41.3 Å². The zero-order valence-electron chi connectivity index (χ0n) is 19.6. The Balaban J connectivity index is 1.15. The maximum absolute atomic E-state index is 12.9. The molecule has 4 heterocycles. The summed E-state index contributed by atoms with van der Waals surface area (Å²) in [6.07, 6.45) is 3.73. The van der Waals surface area contributed by atoms with Crippen LogP contribution in [0, 0.1) is 13.8 Å². The smallest absolute Gasteiger partial charge is 0.227 e. The molecule has 3 aromatic heterocycles. The molecule has 0 saturated carbocycles. The lowest BCUT2D eigenvalue weighted by molar-refractivity contribution is -0.130.